The van der Waals surface area contributed by atoms with Crippen LogP contribution in [0, 0.1) is 0 Å². The lowest BCUT2D eigenvalue weighted by Gasteiger charge is -2.36. The highest BCUT2D eigenvalue weighted by Crippen LogP contribution is 2.29. The van der Waals surface area contributed by atoms with E-state index < -0.39 is 6.10 Å². The number of nitrogens with zero attached hydrogens (tertiary/aromatic N) is 3. The second-order valence-corrected chi connectivity index (χ2v) is 8.70. The molecule has 2 heterocycles. The first-order valence-corrected chi connectivity index (χ1v) is 11.7. The molecular formula is C25H33N3O4. The molecule has 1 fully saturated rings. The average Bonchev–Trinajstić information content (AvgIpc) is 2.81. The first kappa shape index (κ1) is 22.9. The Morgan fingerprint density at radius 2 is 1.56 bits per heavy atom. The van der Waals surface area contributed by atoms with E-state index in [1.54, 1.807) is 0 Å². The molecule has 1 atom stereocenters. The molecule has 0 aromatic heterocycles. The SMILES string of the molecule is CCCCOC[C@@H](O)CN1CCN(CCN2C(=O)c3cccc4cccc(c34)C2=O)CC1. The fraction of sp³-hybridized carbons (Fsp3) is 0.520. The molecule has 2 amide bonds. The number of carbonyl (C=O) groups excluding carboxylic acids is 2. The third-order valence-corrected chi connectivity index (χ3v) is 6.38. The van der Waals surface area contributed by atoms with Gasteiger partial charge in [-0.3, -0.25) is 24.3 Å². The molecule has 172 valence electrons. The van der Waals surface area contributed by atoms with Gasteiger partial charge in [-0.25, -0.2) is 0 Å². The molecule has 4 rings (SSSR count). The summed E-state index contributed by atoms with van der Waals surface area (Å²) in [5.74, 6) is -0.409. The van der Waals surface area contributed by atoms with Crippen molar-refractivity contribution in [3.63, 3.8) is 0 Å². The third-order valence-electron chi connectivity index (χ3n) is 6.38. The normalized spacial score (nSPS) is 18.5. The number of amides is 2. The number of aliphatic hydroxyl groups excluding tert-OH is 1. The summed E-state index contributed by atoms with van der Waals surface area (Å²) in [4.78, 5) is 32.0. The maximum absolute atomic E-state index is 13.0. The quantitative estimate of drug-likeness (QED) is 0.452. The van der Waals surface area contributed by atoms with Crippen molar-refractivity contribution in [2.24, 2.45) is 0 Å². The summed E-state index contributed by atoms with van der Waals surface area (Å²) in [6.07, 6.45) is 1.65. The van der Waals surface area contributed by atoms with Crippen LogP contribution in [0.5, 0.6) is 0 Å². The molecule has 2 aromatic rings. The van der Waals surface area contributed by atoms with Crippen molar-refractivity contribution >= 4 is 22.6 Å². The molecule has 2 aliphatic rings. The predicted octanol–water partition coefficient (Wildman–Crippen LogP) is 2.23. The maximum Gasteiger partial charge on any atom is 0.261 e. The molecule has 2 aromatic carbocycles. The van der Waals surface area contributed by atoms with E-state index in [0.29, 0.717) is 44.0 Å². The van der Waals surface area contributed by atoms with Gasteiger partial charge in [0.05, 0.1) is 12.7 Å². The van der Waals surface area contributed by atoms with Gasteiger partial charge in [0.15, 0.2) is 0 Å². The molecule has 0 saturated carbocycles. The number of carbonyl (C=O) groups is 2. The molecule has 0 bridgehead atoms. The van der Waals surface area contributed by atoms with Crippen LogP contribution in [0.15, 0.2) is 36.4 Å². The van der Waals surface area contributed by atoms with Gasteiger partial charge in [-0.2, -0.15) is 0 Å². The zero-order valence-corrected chi connectivity index (χ0v) is 18.8. The summed E-state index contributed by atoms with van der Waals surface area (Å²) >= 11 is 0. The van der Waals surface area contributed by atoms with Gasteiger partial charge in [-0.05, 0) is 23.9 Å². The Kier molecular flexibility index (Phi) is 7.52. The largest absolute Gasteiger partial charge is 0.389 e. The summed E-state index contributed by atoms with van der Waals surface area (Å²) in [6, 6.07) is 11.2. The van der Waals surface area contributed by atoms with Crippen LogP contribution in [0.1, 0.15) is 40.5 Å². The van der Waals surface area contributed by atoms with E-state index >= 15 is 0 Å². The lowest BCUT2D eigenvalue weighted by molar-refractivity contribution is 0.00592. The highest BCUT2D eigenvalue weighted by Gasteiger charge is 2.32. The molecule has 0 aliphatic carbocycles. The molecule has 0 unspecified atom stereocenters. The first-order valence-electron chi connectivity index (χ1n) is 11.7. The van der Waals surface area contributed by atoms with Crippen LogP contribution in [0.25, 0.3) is 10.8 Å². The van der Waals surface area contributed by atoms with E-state index in [1.807, 2.05) is 36.4 Å². The maximum atomic E-state index is 13.0. The van der Waals surface area contributed by atoms with Crippen LogP contribution in [0.2, 0.25) is 0 Å². The summed E-state index contributed by atoms with van der Waals surface area (Å²) in [5, 5.41) is 11.9. The van der Waals surface area contributed by atoms with Gasteiger partial charge in [0, 0.05) is 68.9 Å². The number of rotatable bonds is 10. The highest BCUT2D eigenvalue weighted by molar-refractivity contribution is 6.25. The Morgan fingerprint density at radius 1 is 0.938 bits per heavy atom. The molecule has 1 saturated heterocycles. The Bertz CT molecular complexity index is 905. The van der Waals surface area contributed by atoms with Crippen LogP contribution >= 0.6 is 0 Å². The standard InChI is InChI=1S/C25H33N3O4/c1-2-3-16-32-18-20(29)17-27-12-10-26(11-13-27)14-15-28-24(30)21-8-4-6-19-7-5-9-22(23(19)21)25(28)31/h4-9,20,29H,2-3,10-18H2,1H3/t20-/m0/s1. The van der Waals surface area contributed by atoms with E-state index in [-0.39, 0.29) is 11.8 Å². The number of imide groups is 1. The van der Waals surface area contributed by atoms with Crippen LogP contribution in [0.3, 0.4) is 0 Å². The zero-order valence-electron chi connectivity index (χ0n) is 18.8. The summed E-state index contributed by atoms with van der Waals surface area (Å²) in [7, 11) is 0. The molecule has 7 nitrogen and oxygen atoms in total. The van der Waals surface area contributed by atoms with Crippen LogP contribution in [-0.4, -0.2) is 96.8 Å². The van der Waals surface area contributed by atoms with E-state index in [1.165, 1.54) is 4.90 Å². The second-order valence-electron chi connectivity index (χ2n) is 8.70. The minimum absolute atomic E-state index is 0.205. The van der Waals surface area contributed by atoms with Crippen LogP contribution < -0.4 is 0 Å². The molecule has 0 spiro atoms. The molecule has 0 radical (unpaired) electrons. The predicted molar refractivity (Wildman–Crippen MR) is 124 cm³/mol. The topological polar surface area (TPSA) is 73.3 Å². The van der Waals surface area contributed by atoms with Crippen molar-refractivity contribution in [1.29, 1.82) is 0 Å². The number of piperazine rings is 1. The van der Waals surface area contributed by atoms with Gasteiger partial charge >= 0.3 is 0 Å². The van der Waals surface area contributed by atoms with E-state index in [9.17, 15) is 14.7 Å². The summed E-state index contributed by atoms with van der Waals surface area (Å²) in [6.45, 7) is 8.29. The van der Waals surface area contributed by atoms with Crippen molar-refractivity contribution < 1.29 is 19.4 Å². The Balaban J connectivity index is 1.26. The highest BCUT2D eigenvalue weighted by atomic mass is 16.5. The Morgan fingerprint density at radius 3 is 2.19 bits per heavy atom. The minimum Gasteiger partial charge on any atom is -0.389 e. The number of hydrogen-bond acceptors (Lipinski definition) is 6. The number of benzene rings is 2. The van der Waals surface area contributed by atoms with Gasteiger partial charge in [0.2, 0.25) is 0 Å². The lowest BCUT2D eigenvalue weighted by atomic mass is 9.94. The van der Waals surface area contributed by atoms with Crippen LogP contribution in [0.4, 0.5) is 0 Å². The van der Waals surface area contributed by atoms with E-state index in [4.69, 9.17) is 4.74 Å². The molecule has 7 heteroatoms. The molecule has 32 heavy (non-hydrogen) atoms. The molecular weight excluding hydrogens is 406 g/mol. The Labute approximate surface area is 189 Å². The fourth-order valence-corrected chi connectivity index (χ4v) is 4.54. The number of unbranched alkanes of at least 4 members (excludes halogenated alkanes) is 1. The number of β-amino-alcohol motifs (C(OH)–C–C–N with tert-alkyl or cyclic N) is 1. The van der Waals surface area contributed by atoms with Gasteiger partial charge in [0.25, 0.3) is 11.8 Å². The van der Waals surface area contributed by atoms with Gasteiger partial charge in [-0.1, -0.05) is 37.6 Å². The zero-order chi connectivity index (χ0) is 22.5. The van der Waals surface area contributed by atoms with Gasteiger partial charge < -0.3 is 9.84 Å². The number of aliphatic hydroxyl groups is 1. The van der Waals surface area contributed by atoms with Crippen molar-refractivity contribution in [2.45, 2.75) is 25.9 Å². The molecule has 1 N–H and O–H groups in total. The monoisotopic (exact) mass is 439 g/mol. The van der Waals surface area contributed by atoms with Crippen molar-refractivity contribution in [1.82, 2.24) is 14.7 Å². The smallest absolute Gasteiger partial charge is 0.261 e. The lowest BCUT2D eigenvalue weighted by Crippen LogP contribution is -2.51. The Hall–Kier alpha value is -2.32. The number of hydrogen-bond donors (Lipinski definition) is 1. The van der Waals surface area contributed by atoms with Crippen molar-refractivity contribution in [3.05, 3.63) is 47.5 Å². The van der Waals surface area contributed by atoms with Gasteiger partial charge in [-0.15, -0.1) is 0 Å². The summed E-state index contributed by atoms with van der Waals surface area (Å²) in [5.41, 5.74) is 1.22. The fourth-order valence-electron chi connectivity index (χ4n) is 4.54. The number of ether oxygens (including phenoxy) is 1. The third kappa shape index (κ3) is 5.02. The van der Waals surface area contributed by atoms with Crippen LogP contribution in [-0.2, 0) is 4.74 Å². The van der Waals surface area contributed by atoms with Gasteiger partial charge in [0.1, 0.15) is 0 Å². The van der Waals surface area contributed by atoms with Crippen molar-refractivity contribution in [2.75, 3.05) is 59.0 Å². The summed E-state index contributed by atoms with van der Waals surface area (Å²) < 4.78 is 5.51. The van der Waals surface area contributed by atoms with E-state index in [0.717, 1.165) is 49.8 Å². The van der Waals surface area contributed by atoms with Crippen molar-refractivity contribution in [3.8, 4) is 0 Å². The average molecular weight is 440 g/mol. The molecule has 2 aliphatic heterocycles. The minimum atomic E-state index is -0.468. The first-order chi connectivity index (χ1) is 15.6. The second kappa shape index (κ2) is 10.5. The van der Waals surface area contributed by atoms with E-state index in [2.05, 4.69) is 16.7 Å².